The Labute approximate surface area is 94.0 Å². The minimum absolute atomic E-state index is 0.189. The quantitative estimate of drug-likeness (QED) is 0.635. The van der Waals surface area contributed by atoms with Crippen LogP contribution in [0.2, 0.25) is 0 Å². The first-order chi connectivity index (χ1) is 7.32. The Morgan fingerprint density at radius 3 is 2.25 bits per heavy atom. The fourth-order valence-electron chi connectivity index (χ4n) is 1.16. The summed E-state index contributed by atoms with van der Waals surface area (Å²) in [6.45, 7) is 4.38. The van der Waals surface area contributed by atoms with Crippen molar-refractivity contribution in [2.75, 3.05) is 6.61 Å². The van der Waals surface area contributed by atoms with Gasteiger partial charge in [-0.1, -0.05) is 13.8 Å². The SMILES string of the molecule is CC(=O)N[C@@H](CC(C)C)C(=O)OCC(=O)O. The van der Waals surface area contributed by atoms with E-state index in [2.05, 4.69) is 10.1 Å². The Morgan fingerprint density at radius 2 is 1.88 bits per heavy atom. The van der Waals surface area contributed by atoms with Crippen molar-refractivity contribution in [1.29, 1.82) is 0 Å². The molecule has 0 aliphatic heterocycles. The van der Waals surface area contributed by atoms with E-state index in [0.29, 0.717) is 6.42 Å². The standard InChI is InChI=1S/C10H17NO5/c1-6(2)4-8(11-7(3)12)10(15)16-5-9(13)14/h6,8H,4-5H2,1-3H3,(H,11,12)(H,13,14)/t8-/m0/s1. The van der Waals surface area contributed by atoms with Gasteiger partial charge in [0, 0.05) is 6.92 Å². The Morgan fingerprint density at radius 1 is 1.31 bits per heavy atom. The first kappa shape index (κ1) is 14.4. The Bertz CT molecular complexity index is 274. The monoisotopic (exact) mass is 231 g/mol. The van der Waals surface area contributed by atoms with E-state index in [1.54, 1.807) is 0 Å². The van der Waals surface area contributed by atoms with Crippen LogP contribution < -0.4 is 5.32 Å². The number of carboxylic acid groups (broad SMARTS) is 1. The normalized spacial score (nSPS) is 12.0. The smallest absolute Gasteiger partial charge is 0.341 e. The second-order valence-corrected chi connectivity index (χ2v) is 3.88. The number of hydrogen-bond acceptors (Lipinski definition) is 4. The fraction of sp³-hybridized carbons (Fsp3) is 0.700. The van der Waals surface area contributed by atoms with Crippen LogP contribution in [0.3, 0.4) is 0 Å². The van der Waals surface area contributed by atoms with E-state index in [0.717, 1.165) is 0 Å². The third-order valence-electron chi connectivity index (χ3n) is 1.71. The highest BCUT2D eigenvalue weighted by atomic mass is 16.6. The van der Waals surface area contributed by atoms with Gasteiger partial charge in [-0.25, -0.2) is 9.59 Å². The molecule has 0 bridgehead atoms. The first-order valence-corrected chi connectivity index (χ1v) is 4.98. The summed E-state index contributed by atoms with van der Waals surface area (Å²) in [5.41, 5.74) is 0. The van der Waals surface area contributed by atoms with Crippen LogP contribution in [0.5, 0.6) is 0 Å². The van der Waals surface area contributed by atoms with Crippen LogP contribution in [-0.4, -0.2) is 35.6 Å². The molecule has 0 radical (unpaired) electrons. The molecular formula is C10H17NO5. The molecule has 0 aromatic heterocycles. The average Bonchev–Trinajstić information content (AvgIpc) is 2.11. The molecule has 0 rings (SSSR count). The molecule has 92 valence electrons. The summed E-state index contributed by atoms with van der Waals surface area (Å²) in [5, 5.41) is 10.8. The maximum atomic E-state index is 11.4. The van der Waals surface area contributed by atoms with Crippen LogP contribution in [0.1, 0.15) is 27.2 Å². The molecule has 0 unspecified atom stereocenters. The van der Waals surface area contributed by atoms with E-state index in [1.165, 1.54) is 6.92 Å². The summed E-state index contributed by atoms with van der Waals surface area (Å²) < 4.78 is 4.51. The van der Waals surface area contributed by atoms with Gasteiger partial charge in [-0.2, -0.15) is 0 Å². The molecule has 1 atom stereocenters. The highest BCUT2D eigenvalue weighted by Gasteiger charge is 2.22. The number of aliphatic carboxylic acids is 1. The first-order valence-electron chi connectivity index (χ1n) is 4.98. The highest BCUT2D eigenvalue weighted by Crippen LogP contribution is 2.06. The molecule has 2 N–H and O–H groups in total. The lowest BCUT2D eigenvalue weighted by atomic mass is 10.0. The van der Waals surface area contributed by atoms with E-state index in [-0.39, 0.29) is 11.8 Å². The van der Waals surface area contributed by atoms with Crippen molar-refractivity contribution in [3.63, 3.8) is 0 Å². The van der Waals surface area contributed by atoms with Gasteiger partial charge in [-0.05, 0) is 12.3 Å². The number of hydrogen-bond donors (Lipinski definition) is 2. The molecule has 1 amide bonds. The van der Waals surface area contributed by atoms with E-state index in [9.17, 15) is 14.4 Å². The van der Waals surface area contributed by atoms with Crippen molar-refractivity contribution in [1.82, 2.24) is 5.32 Å². The zero-order valence-electron chi connectivity index (χ0n) is 9.65. The van der Waals surface area contributed by atoms with Crippen LogP contribution >= 0.6 is 0 Å². The van der Waals surface area contributed by atoms with Gasteiger partial charge in [-0.3, -0.25) is 4.79 Å². The number of esters is 1. The minimum Gasteiger partial charge on any atom is -0.479 e. The van der Waals surface area contributed by atoms with Crippen LogP contribution in [0, 0.1) is 5.92 Å². The molecule has 0 saturated carbocycles. The molecule has 0 fully saturated rings. The number of carbonyl (C=O) groups excluding carboxylic acids is 2. The summed E-state index contributed by atoms with van der Waals surface area (Å²) in [4.78, 5) is 32.5. The van der Waals surface area contributed by atoms with E-state index in [1.807, 2.05) is 13.8 Å². The predicted octanol–water partition coefficient (Wildman–Crippen LogP) is 0.165. The third-order valence-corrected chi connectivity index (χ3v) is 1.71. The zero-order chi connectivity index (χ0) is 12.7. The fourth-order valence-corrected chi connectivity index (χ4v) is 1.16. The van der Waals surface area contributed by atoms with Crippen LogP contribution in [-0.2, 0) is 19.1 Å². The minimum atomic E-state index is -1.22. The van der Waals surface area contributed by atoms with Gasteiger partial charge < -0.3 is 15.2 Å². The van der Waals surface area contributed by atoms with Crippen molar-refractivity contribution < 1.29 is 24.2 Å². The lowest BCUT2D eigenvalue weighted by molar-refractivity contribution is -0.157. The Kier molecular flexibility index (Phi) is 6.14. The highest BCUT2D eigenvalue weighted by molar-refractivity contribution is 5.84. The molecule has 0 aromatic carbocycles. The predicted molar refractivity (Wildman–Crippen MR) is 55.7 cm³/mol. The van der Waals surface area contributed by atoms with Gasteiger partial charge in [0.15, 0.2) is 6.61 Å². The number of ether oxygens (including phenoxy) is 1. The van der Waals surface area contributed by atoms with Gasteiger partial charge in [0.05, 0.1) is 0 Å². The van der Waals surface area contributed by atoms with Gasteiger partial charge in [-0.15, -0.1) is 0 Å². The molecule has 16 heavy (non-hydrogen) atoms. The Balaban J connectivity index is 4.31. The number of amides is 1. The lowest BCUT2D eigenvalue weighted by Gasteiger charge is -2.17. The average molecular weight is 231 g/mol. The van der Waals surface area contributed by atoms with Crippen molar-refractivity contribution in [3.8, 4) is 0 Å². The van der Waals surface area contributed by atoms with Crippen LogP contribution in [0.15, 0.2) is 0 Å². The lowest BCUT2D eigenvalue weighted by Crippen LogP contribution is -2.42. The summed E-state index contributed by atoms with van der Waals surface area (Å²) in [6.07, 6.45) is 0.415. The van der Waals surface area contributed by atoms with Gasteiger partial charge in [0.2, 0.25) is 5.91 Å². The maximum absolute atomic E-state index is 11.4. The number of carboxylic acids is 1. The molecule has 0 aliphatic rings. The molecule has 0 saturated heterocycles. The van der Waals surface area contributed by atoms with Gasteiger partial charge >= 0.3 is 11.9 Å². The summed E-state index contributed by atoms with van der Waals surface area (Å²) in [6, 6.07) is -0.781. The molecule has 0 aliphatic carbocycles. The summed E-state index contributed by atoms with van der Waals surface area (Å²) in [5.74, 6) is -2.10. The number of rotatable bonds is 6. The second kappa shape index (κ2) is 6.81. The van der Waals surface area contributed by atoms with Gasteiger partial charge in [0.1, 0.15) is 6.04 Å². The van der Waals surface area contributed by atoms with E-state index >= 15 is 0 Å². The molecule has 6 heteroatoms. The summed E-state index contributed by atoms with van der Waals surface area (Å²) in [7, 11) is 0. The van der Waals surface area contributed by atoms with Crippen molar-refractivity contribution >= 4 is 17.8 Å². The van der Waals surface area contributed by atoms with Crippen molar-refractivity contribution in [2.45, 2.75) is 33.2 Å². The van der Waals surface area contributed by atoms with Crippen LogP contribution in [0.25, 0.3) is 0 Å². The molecule has 0 spiro atoms. The van der Waals surface area contributed by atoms with Crippen molar-refractivity contribution in [2.24, 2.45) is 5.92 Å². The van der Waals surface area contributed by atoms with Gasteiger partial charge in [0.25, 0.3) is 0 Å². The topological polar surface area (TPSA) is 92.7 Å². The Hall–Kier alpha value is -1.59. The van der Waals surface area contributed by atoms with Crippen molar-refractivity contribution in [3.05, 3.63) is 0 Å². The van der Waals surface area contributed by atoms with Crippen LogP contribution in [0.4, 0.5) is 0 Å². The molecule has 6 nitrogen and oxygen atoms in total. The molecule has 0 heterocycles. The third kappa shape index (κ3) is 6.80. The maximum Gasteiger partial charge on any atom is 0.341 e. The molecule has 0 aromatic rings. The largest absolute Gasteiger partial charge is 0.479 e. The van der Waals surface area contributed by atoms with E-state index < -0.39 is 24.6 Å². The summed E-state index contributed by atoms with van der Waals surface area (Å²) >= 11 is 0. The molecular weight excluding hydrogens is 214 g/mol. The zero-order valence-corrected chi connectivity index (χ0v) is 9.65. The second-order valence-electron chi connectivity index (χ2n) is 3.88. The number of nitrogens with one attached hydrogen (secondary N) is 1. The number of carbonyl (C=O) groups is 3. The van der Waals surface area contributed by atoms with E-state index in [4.69, 9.17) is 5.11 Å².